The zero-order chi connectivity index (χ0) is 8.55. The number of carbonyl (C=O) groups is 1. The molecule has 0 aromatic heterocycles. The van der Waals surface area contributed by atoms with Crippen LogP contribution >= 0.6 is 0 Å². The topological polar surface area (TPSA) is 29.1 Å². The summed E-state index contributed by atoms with van der Waals surface area (Å²) in [7, 11) is 0. The molecule has 1 saturated heterocycles. The van der Waals surface area contributed by atoms with Crippen molar-refractivity contribution in [3.63, 3.8) is 0 Å². The number of amides is 1. The van der Waals surface area contributed by atoms with Gasteiger partial charge in [0.15, 0.2) is 0 Å². The standard InChI is InChI=1S/C10H11NO/c1-7-2-4-8-6-10(12)11-9(8)5-3-7/h3-5H,2,6H2,1H3,(H,11,12). The second kappa shape index (κ2) is 2.63. The van der Waals surface area contributed by atoms with Crippen molar-refractivity contribution >= 4 is 5.91 Å². The number of rotatable bonds is 0. The van der Waals surface area contributed by atoms with E-state index in [1.807, 2.05) is 6.08 Å². The molecule has 0 aromatic rings. The molecule has 0 bridgehead atoms. The zero-order valence-electron chi connectivity index (χ0n) is 7.05. The third-order valence-corrected chi connectivity index (χ3v) is 2.18. The maximum atomic E-state index is 11.0. The fourth-order valence-electron chi connectivity index (χ4n) is 1.45. The van der Waals surface area contributed by atoms with E-state index < -0.39 is 0 Å². The lowest BCUT2D eigenvalue weighted by Gasteiger charge is -1.94. The van der Waals surface area contributed by atoms with Gasteiger partial charge < -0.3 is 5.32 Å². The Hall–Kier alpha value is -1.31. The average Bonchev–Trinajstić information content (AvgIpc) is 2.31. The van der Waals surface area contributed by atoms with E-state index in [4.69, 9.17) is 0 Å². The van der Waals surface area contributed by atoms with Gasteiger partial charge in [-0.15, -0.1) is 0 Å². The number of hydrogen-bond donors (Lipinski definition) is 1. The molecule has 1 heterocycles. The quantitative estimate of drug-likeness (QED) is 0.575. The minimum Gasteiger partial charge on any atom is -0.326 e. The molecule has 0 radical (unpaired) electrons. The Morgan fingerprint density at radius 2 is 2.25 bits per heavy atom. The molecule has 0 spiro atoms. The predicted molar refractivity (Wildman–Crippen MR) is 47.3 cm³/mol. The van der Waals surface area contributed by atoms with Crippen LogP contribution in [0.2, 0.25) is 0 Å². The first-order valence-electron chi connectivity index (χ1n) is 4.12. The van der Waals surface area contributed by atoms with Gasteiger partial charge in [-0.25, -0.2) is 0 Å². The van der Waals surface area contributed by atoms with Gasteiger partial charge >= 0.3 is 0 Å². The molecule has 2 heteroatoms. The summed E-state index contributed by atoms with van der Waals surface area (Å²) in [5, 5.41) is 2.83. The molecule has 2 aliphatic rings. The van der Waals surface area contributed by atoms with Crippen LogP contribution in [0.5, 0.6) is 0 Å². The summed E-state index contributed by atoms with van der Waals surface area (Å²) in [5.74, 6) is 0.112. The fourth-order valence-corrected chi connectivity index (χ4v) is 1.45. The number of carbonyl (C=O) groups excluding carboxylic acids is 1. The molecule has 1 N–H and O–H groups in total. The van der Waals surface area contributed by atoms with Gasteiger partial charge in [-0.05, 0) is 25.0 Å². The van der Waals surface area contributed by atoms with Crippen LogP contribution in [0.4, 0.5) is 0 Å². The third-order valence-electron chi connectivity index (χ3n) is 2.18. The summed E-state index contributed by atoms with van der Waals surface area (Å²) in [4.78, 5) is 11.0. The SMILES string of the molecule is CC1=CC=C2NC(=O)CC2=CC1. The molecule has 1 aliphatic heterocycles. The van der Waals surface area contributed by atoms with Crippen LogP contribution in [0, 0.1) is 0 Å². The van der Waals surface area contributed by atoms with Gasteiger partial charge in [0.1, 0.15) is 0 Å². The van der Waals surface area contributed by atoms with Crippen molar-refractivity contribution in [2.24, 2.45) is 0 Å². The summed E-state index contributed by atoms with van der Waals surface area (Å²) in [6, 6.07) is 0. The number of hydrogen-bond acceptors (Lipinski definition) is 1. The molecule has 2 rings (SSSR count). The molecule has 0 unspecified atom stereocenters. The molecule has 1 fully saturated rings. The second-order valence-electron chi connectivity index (χ2n) is 3.25. The van der Waals surface area contributed by atoms with Crippen LogP contribution in [0.25, 0.3) is 0 Å². The molecule has 2 nitrogen and oxygen atoms in total. The van der Waals surface area contributed by atoms with Crippen LogP contribution in [-0.4, -0.2) is 5.91 Å². The van der Waals surface area contributed by atoms with Crippen LogP contribution in [0.15, 0.2) is 35.1 Å². The molecule has 1 amide bonds. The van der Waals surface area contributed by atoms with Gasteiger partial charge in [0.25, 0.3) is 0 Å². The largest absolute Gasteiger partial charge is 0.326 e. The minimum absolute atomic E-state index is 0.112. The van der Waals surface area contributed by atoms with Crippen LogP contribution in [0.1, 0.15) is 19.8 Å². The molecule has 0 saturated carbocycles. The number of fused-ring (bicyclic) bond motifs is 1. The van der Waals surface area contributed by atoms with E-state index in [9.17, 15) is 4.79 Å². The Bertz CT molecular complexity index is 321. The smallest absolute Gasteiger partial charge is 0.228 e. The monoisotopic (exact) mass is 161 g/mol. The van der Waals surface area contributed by atoms with Gasteiger partial charge in [0.05, 0.1) is 6.42 Å². The van der Waals surface area contributed by atoms with Crippen LogP contribution in [-0.2, 0) is 4.79 Å². The van der Waals surface area contributed by atoms with E-state index in [2.05, 4.69) is 24.4 Å². The summed E-state index contributed by atoms with van der Waals surface area (Å²) in [6.45, 7) is 2.09. The van der Waals surface area contributed by atoms with Crippen molar-refractivity contribution < 1.29 is 4.79 Å². The maximum Gasteiger partial charge on any atom is 0.228 e. The van der Waals surface area contributed by atoms with E-state index in [1.54, 1.807) is 0 Å². The maximum absolute atomic E-state index is 11.0. The molecule has 1 aliphatic carbocycles. The van der Waals surface area contributed by atoms with Gasteiger partial charge in [-0.3, -0.25) is 4.79 Å². The lowest BCUT2D eigenvalue weighted by molar-refractivity contribution is -0.118. The van der Waals surface area contributed by atoms with Crippen molar-refractivity contribution in [2.45, 2.75) is 19.8 Å². The fraction of sp³-hybridized carbons (Fsp3) is 0.300. The van der Waals surface area contributed by atoms with E-state index in [0.29, 0.717) is 6.42 Å². The predicted octanol–water partition coefficient (Wildman–Crippen LogP) is 1.67. The summed E-state index contributed by atoms with van der Waals surface area (Å²) >= 11 is 0. The third kappa shape index (κ3) is 1.20. The Morgan fingerprint density at radius 3 is 3.08 bits per heavy atom. The van der Waals surface area contributed by atoms with Crippen molar-refractivity contribution in [3.8, 4) is 0 Å². The lowest BCUT2D eigenvalue weighted by atomic mass is 10.1. The average molecular weight is 161 g/mol. The summed E-state index contributed by atoms with van der Waals surface area (Å²) in [6.07, 6.45) is 7.68. The van der Waals surface area contributed by atoms with Gasteiger partial charge in [0.2, 0.25) is 5.91 Å². The first kappa shape index (κ1) is 7.35. The van der Waals surface area contributed by atoms with E-state index in [0.717, 1.165) is 17.7 Å². The highest BCUT2D eigenvalue weighted by atomic mass is 16.1. The van der Waals surface area contributed by atoms with Crippen molar-refractivity contribution in [3.05, 3.63) is 35.1 Å². The van der Waals surface area contributed by atoms with Crippen molar-refractivity contribution in [1.29, 1.82) is 0 Å². The molecular weight excluding hydrogens is 150 g/mol. The zero-order valence-corrected chi connectivity index (χ0v) is 7.05. The van der Waals surface area contributed by atoms with Crippen molar-refractivity contribution in [1.82, 2.24) is 5.32 Å². The second-order valence-corrected chi connectivity index (χ2v) is 3.25. The number of nitrogens with one attached hydrogen (secondary N) is 1. The highest BCUT2D eigenvalue weighted by molar-refractivity contribution is 5.87. The minimum atomic E-state index is 0.112. The molecular formula is C10H11NO. The van der Waals surface area contributed by atoms with Gasteiger partial charge in [0, 0.05) is 5.70 Å². The van der Waals surface area contributed by atoms with Crippen molar-refractivity contribution in [2.75, 3.05) is 0 Å². The van der Waals surface area contributed by atoms with Crippen LogP contribution < -0.4 is 5.32 Å². The van der Waals surface area contributed by atoms with E-state index >= 15 is 0 Å². The molecule has 0 atom stereocenters. The summed E-state index contributed by atoms with van der Waals surface area (Å²) < 4.78 is 0. The highest BCUT2D eigenvalue weighted by Gasteiger charge is 2.20. The Morgan fingerprint density at radius 1 is 1.42 bits per heavy atom. The molecule has 62 valence electrons. The van der Waals surface area contributed by atoms with Gasteiger partial charge in [-0.2, -0.15) is 0 Å². The normalized spacial score (nSPS) is 21.8. The lowest BCUT2D eigenvalue weighted by Crippen LogP contribution is -2.11. The Balaban J connectivity index is 2.36. The van der Waals surface area contributed by atoms with E-state index in [-0.39, 0.29) is 5.91 Å². The first-order chi connectivity index (χ1) is 5.75. The van der Waals surface area contributed by atoms with Crippen LogP contribution in [0.3, 0.4) is 0 Å². The number of allylic oxidation sites excluding steroid dienone is 5. The van der Waals surface area contributed by atoms with Gasteiger partial charge in [-0.1, -0.05) is 17.7 Å². The summed E-state index contributed by atoms with van der Waals surface area (Å²) in [5.41, 5.74) is 3.46. The Kier molecular flexibility index (Phi) is 1.61. The first-order valence-corrected chi connectivity index (χ1v) is 4.12. The molecule has 12 heavy (non-hydrogen) atoms. The highest BCUT2D eigenvalue weighted by Crippen LogP contribution is 2.23. The Labute approximate surface area is 71.7 Å². The molecule has 0 aromatic carbocycles. The van der Waals surface area contributed by atoms with E-state index in [1.165, 1.54) is 5.57 Å².